The van der Waals surface area contributed by atoms with Crippen molar-refractivity contribution in [2.45, 2.75) is 6.92 Å². The third-order valence-corrected chi connectivity index (χ3v) is 3.22. The summed E-state index contributed by atoms with van der Waals surface area (Å²) in [5.41, 5.74) is 1.38. The van der Waals surface area contributed by atoms with E-state index in [1.165, 1.54) is 19.2 Å². The predicted octanol–water partition coefficient (Wildman–Crippen LogP) is 3.44. The molecule has 112 valence electrons. The monoisotopic (exact) mass is 296 g/mol. The van der Waals surface area contributed by atoms with Gasteiger partial charge in [0.2, 0.25) is 0 Å². The Hall–Kier alpha value is -2.88. The number of carbonyl (C=O) groups is 2. The molecule has 0 heterocycles. The number of carbonyl (C=O) groups excluding carboxylic acids is 2. The van der Waals surface area contributed by atoms with Crippen LogP contribution in [0.5, 0.6) is 5.75 Å². The molecule has 22 heavy (non-hydrogen) atoms. The minimum atomic E-state index is -0.571. The second-order valence-electron chi connectivity index (χ2n) is 4.64. The van der Waals surface area contributed by atoms with E-state index in [4.69, 9.17) is 0 Å². The highest BCUT2D eigenvalue weighted by Gasteiger charge is 2.19. The van der Waals surface area contributed by atoms with Crippen LogP contribution in [0.1, 0.15) is 38.8 Å². The number of benzene rings is 2. The number of esters is 1. The molecule has 0 aliphatic carbocycles. The first-order valence-electron chi connectivity index (χ1n) is 6.76. The average Bonchev–Trinajstić information content (AvgIpc) is 2.55. The Kier molecular flexibility index (Phi) is 4.73. The molecule has 2 rings (SSSR count). The molecule has 0 unspecified atom stereocenters. The zero-order valence-electron chi connectivity index (χ0n) is 12.4. The van der Waals surface area contributed by atoms with Gasteiger partial charge in [-0.1, -0.05) is 42.5 Å². The van der Waals surface area contributed by atoms with Crippen LogP contribution in [-0.2, 0) is 4.74 Å². The zero-order chi connectivity index (χ0) is 16.1. The van der Waals surface area contributed by atoms with Gasteiger partial charge in [0.05, 0.1) is 12.7 Å². The van der Waals surface area contributed by atoms with Crippen molar-refractivity contribution >= 4 is 17.8 Å². The molecule has 2 aromatic rings. The van der Waals surface area contributed by atoms with Crippen LogP contribution in [0.3, 0.4) is 0 Å². The van der Waals surface area contributed by atoms with Crippen molar-refractivity contribution in [1.82, 2.24) is 0 Å². The van der Waals surface area contributed by atoms with Gasteiger partial charge in [-0.25, -0.2) is 4.79 Å². The van der Waals surface area contributed by atoms with Gasteiger partial charge in [-0.15, -0.1) is 0 Å². The van der Waals surface area contributed by atoms with Gasteiger partial charge in [-0.05, 0) is 19.1 Å². The van der Waals surface area contributed by atoms with Crippen LogP contribution < -0.4 is 0 Å². The van der Waals surface area contributed by atoms with E-state index in [-0.39, 0.29) is 22.7 Å². The molecule has 0 aliphatic rings. The van der Waals surface area contributed by atoms with Crippen LogP contribution >= 0.6 is 0 Å². The molecular weight excluding hydrogens is 280 g/mol. The van der Waals surface area contributed by atoms with Crippen molar-refractivity contribution in [2.24, 2.45) is 0 Å². The third-order valence-electron chi connectivity index (χ3n) is 3.22. The smallest absolute Gasteiger partial charge is 0.338 e. The molecule has 0 aromatic heterocycles. The molecular formula is C18H16O4. The van der Waals surface area contributed by atoms with Crippen molar-refractivity contribution in [3.05, 3.63) is 70.8 Å². The number of aromatic hydroxyl groups is 1. The lowest BCUT2D eigenvalue weighted by Crippen LogP contribution is -2.11. The molecule has 0 radical (unpaired) electrons. The Balaban J connectivity index is 2.45. The first-order valence-corrected chi connectivity index (χ1v) is 6.76. The van der Waals surface area contributed by atoms with Gasteiger partial charge >= 0.3 is 5.97 Å². The summed E-state index contributed by atoms with van der Waals surface area (Å²) in [6.45, 7) is 1.84. The summed E-state index contributed by atoms with van der Waals surface area (Å²) in [6, 6.07) is 11.1. The van der Waals surface area contributed by atoms with Crippen molar-refractivity contribution in [3.8, 4) is 5.75 Å². The summed E-state index contributed by atoms with van der Waals surface area (Å²) in [5, 5.41) is 9.95. The molecule has 4 nitrogen and oxygen atoms in total. The number of hydrogen-bond acceptors (Lipinski definition) is 4. The van der Waals surface area contributed by atoms with Gasteiger partial charge in [0, 0.05) is 16.7 Å². The molecule has 0 saturated carbocycles. The minimum Gasteiger partial charge on any atom is -0.507 e. The molecule has 0 saturated heterocycles. The zero-order valence-corrected chi connectivity index (χ0v) is 12.4. The second kappa shape index (κ2) is 6.72. The van der Waals surface area contributed by atoms with Crippen LogP contribution in [0.2, 0.25) is 0 Å². The maximum absolute atomic E-state index is 12.6. The number of phenols is 1. The second-order valence-corrected chi connectivity index (χ2v) is 4.64. The maximum atomic E-state index is 12.6. The number of phenolic OH excluding ortho intramolecular Hbond substituents is 1. The Labute approximate surface area is 128 Å². The van der Waals surface area contributed by atoms with Crippen molar-refractivity contribution in [2.75, 3.05) is 7.11 Å². The normalized spacial score (nSPS) is 10.6. The van der Waals surface area contributed by atoms with E-state index in [0.717, 1.165) is 0 Å². The van der Waals surface area contributed by atoms with Gasteiger partial charge in [-0.3, -0.25) is 4.79 Å². The summed E-state index contributed by atoms with van der Waals surface area (Å²) in [6.07, 6.45) is 3.54. The molecule has 0 spiro atoms. The van der Waals surface area contributed by atoms with E-state index in [1.807, 2.05) is 6.92 Å². The van der Waals surface area contributed by atoms with Crippen LogP contribution in [0, 0.1) is 0 Å². The van der Waals surface area contributed by atoms with Crippen LogP contribution in [0.25, 0.3) is 6.08 Å². The maximum Gasteiger partial charge on any atom is 0.338 e. The number of ether oxygens (including phenoxy) is 1. The highest BCUT2D eigenvalue weighted by molar-refractivity contribution is 6.14. The first-order chi connectivity index (χ1) is 10.6. The lowest BCUT2D eigenvalue weighted by Gasteiger charge is -2.08. The number of rotatable bonds is 4. The van der Waals surface area contributed by atoms with Gasteiger partial charge in [-0.2, -0.15) is 0 Å². The summed E-state index contributed by atoms with van der Waals surface area (Å²) in [7, 11) is 1.27. The third kappa shape index (κ3) is 3.06. The molecule has 0 atom stereocenters. The Bertz CT molecular complexity index is 745. The summed E-state index contributed by atoms with van der Waals surface area (Å²) in [5.74, 6) is -0.901. The lowest BCUT2D eigenvalue weighted by atomic mass is 9.97. The van der Waals surface area contributed by atoms with Crippen molar-refractivity contribution in [3.63, 3.8) is 0 Å². The Morgan fingerprint density at radius 3 is 2.36 bits per heavy atom. The summed E-state index contributed by atoms with van der Waals surface area (Å²) < 4.78 is 4.69. The Morgan fingerprint density at radius 2 is 1.77 bits per heavy atom. The van der Waals surface area contributed by atoms with Crippen molar-refractivity contribution < 1.29 is 19.4 Å². The molecule has 0 fully saturated rings. The number of allylic oxidation sites excluding steroid dienone is 1. The summed E-state index contributed by atoms with van der Waals surface area (Å²) in [4.78, 5) is 24.3. The number of ketones is 1. The topological polar surface area (TPSA) is 63.6 Å². The van der Waals surface area contributed by atoms with Crippen LogP contribution in [-0.4, -0.2) is 24.0 Å². The van der Waals surface area contributed by atoms with Gasteiger partial charge in [0.15, 0.2) is 5.78 Å². The largest absolute Gasteiger partial charge is 0.507 e. The highest BCUT2D eigenvalue weighted by atomic mass is 16.5. The quantitative estimate of drug-likeness (QED) is 0.693. The molecule has 1 N–H and O–H groups in total. The fourth-order valence-corrected chi connectivity index (χ4v) is 2.13. The molecule has 0 amide bonds. The van der Waals surface area contributed by atoms with Crippen LogP contribution in [0.15, 0.2) is 48.5 Å². The standard InChI is InChI=1S/C18H16O4/c1-3-6-12-9-10-13(11-16(12)19)17(20)14-7-4-5-8-15(14)18(21)22-2/h3-11,19H,1-2H3. The van der Waals surface area contributed by atoms with E-state index in [2.05, 4.69) is 4.74 Å². The fourth-order valence-electron chi connectivity index (χ4n) is 2.13. The molecule has 0 bridgehead atoms. The van der Waals surface area contributed by atoms with E-state index in [1.54, 1.807) is 42.5 Å². The van der Waals surface area contributed by atoms with Gasteiger partial charge in [0.25, 0.3) is 0 Å². The SMILES string of the molecule is CC=Cc1ccc(C(=O)c2ccccc2C(=O)OC)cc1O. The predicted molar refractivity (Wildman–Crippen MR) is 84.0 cm³/mol. The first kappa shape index (κ1) is 15.5. The number of hydrogen-bond donors (Lipinski definition) is 1. The van der Waals surface area contributed by atoms with E-state index in [9.17, 15) is 14.7 Å². The van der Waals surface area contributed by atoms with Crippen molar-refractivity contribution in [1.29, 1.82) is 0 Å². The molecule has 4 heteroatoms. The number of methoxy groups -OCH3 is 1. The van der Waals surface area contributed by atoms with E-state index in [0.29, 0.717) is 11.1 Å². The highest BCUT2D eigenvalue weighted by Crippen LogP contribution is 2.23. The Morgan fingerprint density at radius 1 is 1.09 bits per heavy atom. The van der Waals surface area contributed by atoms with E-state index < -0.39 is 5.97 Å². The van der Waals surface area contributed by atoms with Gasteiger partial charge < -0.3 is 9.84 Å². The minimum absolute atomic E-state index is 0.0134. The fraction of sp³-hybridized carbons (Fsp3) is 0.111. The van der Waals surface area contributed by atoms with Gasteiger partial charge in [0.1, 0.15) is 5.75 Å². The molecule has 0 aliphatic heterocycles. The van der Waals surface area contributed by atoms with Crippen LogP contribution in [0.4, 0.5) is 0 Å². The molecule has 2 aromatic carbocycles. The lowest BCUT2D eigenvalue weighted by molar-refractivity contribution is 0.0597. The summed E-state index contributed by atoms with van der Waals surface area (Å²) >= 11 is 0. The average molecular weight is 296 g/mol. The van der Waals surface area contributed by atoms with E-state index >= 15 is 0 Å².